The van der Waals surface area contributed by atoms with E-state index in [4.69, 9.17) is 14.0 Å². The molecule has 0 atom stereocenters. The highest BCUT2D eigenvalue weighted by Gasteiger charge is 2.14. The normalized spacial score (nSPS) is 11.4. The Labute approximate surface area is 156 Å². The van der Waals surface area contributed by atoms with E-state index in [0.29, 0.717) is 24.5 Å². The number of hydrogen-bond donors (Lipinski definition) is 1. The average Bonchev–Trinajstić information content (AvgIpc) is 3.09. The van der Waals surface area contributed by atoms with Crippen molar-refractivity contribution in [3.05, 3.63) is 70.5 Å². The van der Waals surface area contributed by atoms with Crippen molar-refractivity contribution in [1.29, 1.82) is 0 Å². The predicted octanol–water partition coefficient (Wildman–Crippen LogP) is 2.63. The number of nitrogens with one attached hydrogen (secondary N) is 1. The summed E-state index contributed by atoms with van der Waals surface area (Å²) in [7, 11) is -2.08. The molecule has 0 unspecified atom stereocenters. The maximum atomic E-state index is 12.0. The SMILES string of the molecule is COCS(=O)(=O)c1cccc(CCOc2ccc(-c3cc(=O)[nH]o3)cc2)c1. The van der Waals surface area contributed by atoms with Crippen LogP contribution < -0.4 is 10.3 Å². The molecule has 3 aromatic rings. The van der Waals surface area contributed by atoms with E-state index < -0.39 is 9.84 Å². The van der Waals surface area contributed by atoms with Crippen LogP contribution in [0.25, 0.3) is 11.3 Å². The molecule has 0 fully saturated rings. The van der Waals surface area contributed by atoms with Crippen molar-refractivity contribution in [2.24, 2.45) is 0 Å². The van der Waals surface area contributed by atoms with Gasteiger partial charge in [-0.25, -0.2) is 8.42 Å². The van der Waals surface area contributed by atoms with E-state index in [-0.39, 0.29) is 16.4 Å². The van der Waals surface area contributed by atoms with Crippen LogP contribution in [0.2, 0.25) is 0 Å². The van der Waals surface area contributed by atoms with E-state index in [1.165, 1.54) is 13.2 Å². The van der Waals surface area contributed by atoms with Crippen molar-refractivity contribution < 1.29 is 22.4 Å². The monoisotopic (exact) mass is 389 g/mol. The lowest BCUT2D eigenvalue weighted by Crippen LogP contribution is -2.09. The topological polar surface area (TPSA) is 98.6 Å². The van der Waals surface area contributed by atoms with Crippen molar-refractivity contribution in [1.82, 2.24) is 5.16 Å². The molecule has 0 radical (unpaired) electrons. The number of ether oxygens (including phenoxy) is 2. The number of rotatable bonds is 8. The van der Waals surface area contributed by atoms with Crippen molar-refractivity contribution in [2.75, 3.05) is 19.7 Å². The molecule has 0 spiro atoms. The van der Waals surface area contributed by atoms with Crippen LogP contribution in [0.1, 0.15) is 5.56 Å². The Morgan fingerprint density at radius 1 is 1.07 bits per heavy atom. The second kappa shape index (κ2) is 8.24. The zero-order valence-electron chi connectivity index (χ0n) is 14.7. The summed E-state index contributed by atoms with van der Waals surface area (Å²) in [5, 5.41) is 2.24. The molecule has 8 heteroatoms. The Morgan fingerprint density at radius 3 is 2.52 bits per heavy atom. The summed E-state index contributed by atoms with van der Waals surface area (Å²) in [5.41, 5.74) is 1.33. The number of H-pyrrole nitrogens is 1. The van der Waals surface area contributed by atoms with Gasteiger partial charge in [0.15, 0.2) is 11.7 Å². The lowest BCUT2D eigenvalue weighted by atomic mass is 10.1. The van der Waals surface area contributed by atoms with Gasteiger partial charge in [0.05, 0.1) is 17.6 Å². The fraction of sp³-hybridized carbons (Fsp3) is 0.211. The minimum Gasteiger partial charge on any atom is -0.493 e. The summed E-state index contributed by atoms with van der Waals surface area (Å²) in [4.78, 5) is 11.3. The molecule has 0 amide bonds. The minimum absolute atomic E-state index is 0.235. The van der Waals surface area contributed by atoms with Gasteiger partial charge in [-0.1, -0.05) is 12.1 Å². The van der Waals surface area contributed by atoms with Gasteiger partial charge in [0.2, 0.25) is 9.84 Å². The first-order chi connectivity index (χ1) is 13.0. The highest BCUT2D eigenvalue weighted by atomic mass is 32.2. The van der Waals surface area contributed by atoms with Gasteiger partial charge >= 0.3 is 0 Å². The third kappa shape index (κ3) is 4.87. The number of aromatic nitrogens is 1. The lowest BCUT2D eigenvalue weighted by molar-refractivity contribution is 0.250. The second-order valence-electron chi connectivity index (χ2n) is 5.87. The Kier molecular flexibility index (Phi) is 5.78. The molecule has 1 heterocycles. The largest absolute Gasteiger partial charge is 0.493 e. The maximum absolute atomic E-state index is 12.0. The van der Waals surface area contributed by atoms with Crippen molar-refractivity contribution >= 4 is 9.84 Å². The maximum Gasteiger partial charge on any atom is 0.280 e. The van der Waals surface area contributed by atoms with Gasteiger partial charge < -0.3 is 14.0 Å². The van der Waals surface area contributed by atoms with Gasteiger partial charge in [-0.3, -0.25) is 4.79 Å². The van der Waals surface area contributed by atoms with Crippen LogP contribution in [0, 0.1) is 0 Å². The van der Waals surface area contributed by atoms with Gasteiger partial charge in [0.25, 0.3) is 5.56 Å². The number of aromatic amines is 1. The van der Waals surface area contributed by atoms with Crippen LogP contribution in [0.5, 0.6) is 5.75 Å². The standard InChI is InChI=1S/C19H19NO6S/c1-24-13-27(22,23)17-4-2-3-14(11-17)9-10-25-16-7-5-15(6-8-16)18-12-19(21)20-26-18/h2-8,11-12H,9-10,13H2,1H3,(H,20,21). The molecular weight excluding hydrogens is 370 g/mol. The Bertz CT molecular complexity index is 1050. The van der Waals surface area contributed by atoms with Crippen molar-refractivity contribution in [2.45, 2.75) is 11.3 Å². The van der Waals surface area contributed by atoms with Gasteiger partial charge in [-0.05, 0) is 42.0 Å². The zero-order valence-corrected chi connectivity index (χ0v) is 15.5. The van der Waals surface area contributed by atoms with Gasteiger partial charge in [-0.2, -0.15) is 5.16 Å². The van der Waals surface area contributed by atoms with E-state index >= 15 is 0 Å². The predicted molar refractivity (Wildman–Crippen MR) is 99.5 cm³/mol. The molecule has 0 saturated carbocycles. The molecule has 0 bridgehead atoms. The first-order valence-corrected chi connectivity index (χ1v) is 9.85. The quantitative estimate of drug-likeness (QED) is 0.636. The Morgan fingerprint density at radius 2 is 1.85 bits per heavy atom. The first-order valence-electron chi connectivity index (χ1n) is 8.20. The van der Waals surface area contributed by atoms with Crippen molar-refractivity contribution in [3.8, 4) is 17.1 Å². The van der Waals surface area contributed by atoms with E-state index in [2.05, 4.69) is 5.16 Å². The summed E-state index contributed by atoms with van der Waals surface area (Å²) in [5.74, 6) is 0.779. The highest BCUT2D eigenvalue weighted by Crippen LogP contribution is 2.21. The third-order valence-corrected chi connectivity index (χ3v) is 5.37. The molecule has 1 N–H and O–H groups in total. The summed E-state index contributed by atoms with van der Waals surface area (Å²) in [6.45, 7) is 0.395. The molecule has 142 valence electrons. The van der Waals surface area contributed by atoms with E-state index in [1.807, 2.05) is 6.07 Å². The summed E-state index contributed by atoms with van der Waals surface area (Å²) in [6, 6.07) is 15.3. The van der Waals surface area contributed by atoms with Crippen LogP contribution in [0.15, 0.2) is 68.8 Å². The Balaban J connectivity index is 1.59. The number of benzene rings is 2. The van der Waals surface area contributed by atoms with Crippen LogP contribution in [0.4, 0.5) is 0 Å². The first kappa shape index (κ1) is 18.9. The fourth-order valence-electron chi connectivity index (χ4n) is 2.55. The average molecular weight is 389 g/mol. The molecule has 0 aliphatic rings. The zero-order chi connectivity index (χ0) is 19.3. The highest BCUT2D eigenvalue weighted by molar-refractivity contribution is 7.91. The van der Waals surface area contributed by atoms with Crippen molar-refractivity contribution in [3.63, 3.8) is 0 Å². The van der Waals surface area contributed by atoms with Crippen LogP contribution in [-0.2, 0) is 21.0 Å². The molecule has 3 rings (SSSR count). The Hall–Kier alpha value is -2.84. The fourth-order valence-corrected chi connectivity index (χ4v) is 3.61. The van der Waals surface area contributed by atoms with E-state index in [9.17, 15) is 13.2 Å². The molecule has 0 aliphatic heterocycles. The molecule has 0 saturated heterocycles. The molecule has 1 aromatic heterocycles. The van der Waals surface area contributed by atoms with Crippen LogP contribution in [-0.4, -0.2) is 33.2 Å². The van der Waals surface area contributed by atoms with E-state index in [1.54, 1.807) is 42.5 Å². The van der Waals surface area contributed by atoms with Gasteiger partial charge in [0.1, 0.15) is 5.75 Å². The number of sulfone groups is 1. The third-order valence-electron chi connectivity index (χ3n) is 3.85. The lowest BCUT2D eigenvalue weighted by Gasteiger charge is -2.08. The molecule has 27 heavy (non-hydrogen) atoms. The molecule has 7 nitrogen and oxygen atoms in total. The van der Waals surface area contributed by atoms with E-state index in [0.717, 1.165) is 11.1 Å². The molecule has 2 aromatic carbocycles. The van der Waals surface area contributed by atoms with Crippen LogP contribution >= 0.6 is 0 Å². The minimum atomic E-state index is -3.44. The van der Waals surface area contributed by atoms with Crippen LogP contribution in [0.3, 0.4) is 0 Å². The molecular formula is C19H19NO6S. The number of hydrogen-bond acceptors (Lipinski definition) is 6. The molecule has 0 aliphatic carbocycles. The smallest absolute Gasteiger partial charge is 0.280 e. The van der Waals surface area contributed by atoms with Gasteiger partial charge in [0, 0.05) is 19.1 Å². The summed E-state index contributed by atoms with van der Waals surface area (Å²) >= 11 is 0. The second-order valence-corrected chi connectivity index (χ2v) is 7.81. The summed E-state index contributed by atoms with van der Waals surface area (Å²) in [6.07, 6.45) is 0.560. The van der Waals surface area contributed by atoms with Gasteiger partial charge in [-0.15, -0.1) is 0 Å². The number of methoxy groups -OCH3 is 1. The summed E-state index contributed by atoms with van der Waals surface area (Å²) < 4.78 is 39.6.